The van der Waals surface area contributed by atoms with E-state index < -0.39 is 17.9 Å². The fourth-order valence-corrected chi connectivity index (χ4v) is 4.88. The molecular weight excluding hydrogens is 458 g/mol. The van der Waals surface area contributed by atoms with Crippen LogP contribution in [0.25, 0.3) is 0 Å². The molecule has 0 aromatic carbocycles. The number of unbranched alkanes of at least 4 members (excludes halogenated alkanes) is 16. The lowest BCUT2D eigenvalue weighted by atomic mass is 10.0. The summed E-state index contributed by atoms with van der Waals surface area (Å²) in [4.78, 5) is 33.2. The number of hydrogen-bond donors (Lipinski definition) is 2. The Bertz CT molecular complexity index is 547. The third-order valence-electron chi connectivity index (χ3n) is 7.18. The lowest BCUT2D eigenvalue weighted by Gasteiger charge is -2.38. The fraction of sp³-hybridized carbons (Fsp3) is 0.828. The summed E-state index contributed by atoms with van der Waals surface area (Å²) >= 11 is 0. The molecule has 0 radical (unpaired) electrons. The Morgan fingerprint density at radius 2 is 0.889 bits per heavy atom. The number of carboxylic acid groups (broad SMARTS) is 3. The highest BCUT2D eigenvalue weighted by atomic mass is 16.4. The van der Waals surface area contributed by atoms with E-state index in [-0.39, 0.29) is 43.4 Å². The van der Waals surface area contributed by atoms with Crippen LogP contribution in [0.1, 0.15) is 128 Å². The van der Waals surface area contributed by atoms with E-state index in [0.29, 0.717) is 6.54 Å². The first-order valence-electron chi connectivity index (χ1n) is 14.4. The maximum Gasteiger partial charge on any atom is 0.309 e. The van der Waals surface area contributed by atoms with E-state index >= 15 is 0 Å². The summed E-state index contributed by atoms with van der Waals surface area (Å²) in [5.41, 5.74) is 0. The number of aliphatic carboxylic acids is 3. The molecule has 0 aliphatic carbocycles. The van der Waals surface area contributed by atoms with Crippen molar-refractivity contribution >= 4 is 17.9 Å². The third-order valence-corrected chi connectivity index (χ3v) is 7.18. The van der Waals surface area contributed by atoms with E-state index in [4.69, 9.17) is 10.2 Å². The second-order valence-electron chi connectivity index (χ2n) is 10.4. The van der Waals surface area contributed by atoms with Crippen molar-refractivity contribution in [1.82, 2.24) is 0 Å². The monoisotopic (exact) mass is 511 g/mol. The summed E-state index contributed by atoms with van der Waals surface area (Å²) < 4.78 is 0.224. The van der Waals surface area contributed by atoms with E-state index in [2.05, 4.69) is 6.58 Å². The molecule has 0 bridgehead atoms. The van der Waals surface area contributed by atoms with Crippen LogP contribution in [-0.4, -0.2) is 58.8 Å². The van der Waals surface area contributed by atoms with Crippen molar-refractivity contribution in [3.8, 4) is 0 Å². The Kier molecular flexibility index (Phi) is 22.3. The topological polar surface area (TPSA) is 115 Å². The normalized spacial score (nSPS) is 11.4. The summed E-state index contributed by atoms with van der Waals surface area (Å²) in [6, 6.07) is 0. The van der Waals surface area contributed by atoms with Gasteiger partial charge in [-0.05, 0) is 25.7 Å². The molecule has 7 nitrogen and oxygen atoms in total. The zero-order valence-corrected chi connectivity index (χ0v) is 22.7. The van der Waals surface area contributed by atoms with Gasteiger partial charge in [-0.2, -0.15) is 0 Å². The van der Waals surface area contributed by atoms with Gasteiger partial charge in [0.05, 0.1) is 39.0 Å². The highest BCUT2D eigenvalue weighted by Gasteiger charge is 2.28. The number of nitrogens with zero attached hydrogens (tertiary/aromatic N) is 1. The molecule has 0 aliphatic rings. The Balaban J connectivity index is 3.94. The van der Waals surface area contributed by atoms with Gasteiger partial charge in [-0.15, -0.1) is 6.58 Å². The van der Waals surface area contributed by atoms with Crippen LogP contribution in [-0.2, 0) is 14.4 Å². The largest absolute Gasteiger partial charge is 0.550 e. The van der Waals surface area contributed by atoms with Crippen LogP contribution in [0.15, 0.2) is 12.7 Å². The summed E-state index contributed by atoms with van der Waals surface area (Å²) in [7, 11) is 0. The van der Waals surface area contributed by atoms with Gasteiger partial charge in [0.1, 0.15) is 0 Å². The van der Waals surface area contributed by atoms with Crippen LogP contribution in [0.2, 0.25) is 0 Å². The van der Waals surface area contributed by atoms with E-state index in [1.807, 2.05) is 6.08 Å². The van der Waals surface area contributed by atoms with E-state index in [0.717, 1.165) is 25.7 Å². The number of quaternary nitrogens is 1. The number of carbonyl (C=O) groups is 3. The number of carboxylic acids is 3. The Hall–Kier alpha value is -1.89. The van der Waals surface area contributed by atoms with Gasteiger partial charge < -0.3 is 24.6 Å². The highest BCUT2D eigenvalue weighted by Crippen LogP contribution is 2.17. The van der Waals surface area contributed by atoms with Crippen molar-refractivity contribution < 1.29 is 34.2 Å². The van der Waals surface area contributed by atoms with Gasteiger partial charge >= 0.3 is 11.9 Å². The van der Waals surface area contributed by atoms with Crippen molar-refractivity contribution in [1.29, 1.82) is 0 Å². The predicted molar refractivity (Wildman–Crippen MR) is 143 cm³/mol. The average Bonchev–Trinajstić information content (AvgIpc) is 2.83. The third kappa shape index (κ3) is 22.6. The summed E-state index contributed by atoms with van der Waals surface area (Å²) in [6.45, 7) is 5.11. The SMILES string of the molecule is C=CCCCCCCCCCCCCCCCCCC[N+](CCC(=O)[O-])(CCC(=O)O)CCC(=O)O. The van der Waals surface area contributed by atoms with Crippen LogP contribution in [0.4, 0.5) is 0 Å². The van der Waals surface area contributed by atoms with Crippen molar-refractivity contribution in [2.24, 2.45) is 0 Å². The predicted octanol–water partition coefficient (Wildman–Crippen LogP) is 5.71. The van der Waals surface area contributed by atoms with Gasteiger partial charge in [0.2, 0.25) is 0 Å². The molecule has 0 saturated heterocycles. The molecule has 2 N–H and O–H groups in total. The van der Waals surface area contributed by atoms with E-state index in [1.165, 1.54) is 83.5 Å². The minimum absolute atomic E-state index is 0.0945. The molecule has 0 atom stereocenters. The molecule has 7 heteroatoms. The quantitative estimate of drug-likeness (QED) is 0.0790. The molecule has 0 saturated carbocycles. The number of allylic oxidation sites excluding steroid dienone is 1. The van der Waals surface area contributed by atoms with Gasteiger partial charge in [-0.25, -0.2) is 0 Å². The minimum atomic E-state index is -1.18. The van der Waals surface area contributed by atoms with Crippen LogP contribution in [0.5, 0.6) is 0 Å². The molecule has 0 aliphatic heterocycles. The Morgan fingerprint density at radius 1 is 0.556 bits per heavy atom. The maximum atomic E-state index is 11.1. The number of hydrogen-bond acceptors (Lipinski definition) is 4. The number of rotatable bonds is 28. The molecule has 0 rings (SSSR count). The van der Waals surface area contributed by atoms with Crippen molar-refractivity contribution in [3.05, 3.63) is 12.7 Å². The molecule has 36 heavy (non-hydrogen) atoms. The first-order valence-corrected chi connectivity index (χ1v) is 14.4. The molecule has 0 unspecified atom stereocenters. The van der Waals surface area contributed by atoms with Gasteiger partial charge in [-0.1, -0.05) is 89.5 Å². The first-order chi connectivity index (χ1) is 17.3. The van der Waals surface area contributed by atoms with Crippen molar-refractivity contribution in [3.63, 3.8) is 0 Å². The summed E-state index contributed by atoms with van der Waals surface area (Å²) in [5.74, 6) is -3.08. The zero-order chi connectivity index (χ0) is 26.9. The van der Waals surface area contributed by atoms with Gasteiger partial charge in [0.15, 0.2) is 0 Å². The van der Waals surface area contributed by atoms with E-state index in [1.54, 1.807) is 0 Å². The second kappa shape index (κ2) is 23.5. The molecule has 0 aromatic rings. The first kappa shape index (κ1) is 34.1. The van der Waals surface area contributed by atoms with Gasteiger partial charge in [-0.3, -0.25) is 9.59 Å². The van der Waals surface area contributed by atoms with Crippen molar-refractivity contribution in [2.45, 2.75) is 128 Å². The molecular formula is C29H53NO6. The van der Waals surface area contributed by atoms with E-state index in [9.17, 15) is 19.5 Å². The Morgan fingerprint density at radius 3 is 1.22 bits per heavy atom. The van der Waals surface area contributed by atoms with Crippen LogP contribution < -0.4 is 5.11 Å². The summed E-state index contributed by atoms with van der Waals surface area (Å²) in [6.07, 6.45) is 22.8. The molecule has 0 fully saturated rings. The average molecular weight is 512 g/mol. The highest BCUT2D eigenvalue weighted by molar-refractivity contribution is 5.67. The fourth-order valence-electron chi connectivity index (χ4n) is 4.88. The number of carbonyl (C=O) groups excluding carboxylic acids is 1. The van der Waals surface area contributed by atoms with Crippen molar-refractivity contribution in [2.75, 3.05) is 26.2 Å². The minimum Gasteiger partial charge on any atom is -0.550 e. The smallest absolute Gasteiger partial charge is 0.309 e. The maximum absolute atomic E-state index is 11.1. The van der Waals surface area contributed by atoms with Gasteiger partial charge in [0.25, 0.3) is 0 Å². The van der Waals surface area contributed by atoms with Crippen LogP contribution >= 0.6 is 0 Å². The van der Waals surface area contributed by atoms with Crippen LogP contribution in [0.3, 0.4) is 0 Å². The molecule has 210 valence electrons. The molecule has 0 spiro atoms. The Labute approximate surface area is 219 Å². The van der Waals surface area contributed by atoms with Crippen LogP contribution in [0, 0.1) is 0 Å². The lowest BCUT2D eigenvalue weighted by molar-refractivity contribution is -0.927. The second-order valence-corrected chi connectivity index (χ2v) is 10.4. The zero-order valence-electron chi connectivity index (χ0n) is 22.7. The van der Waals surface area contributed by atoms with Gasteiger partial charge in [0, 0.05) is 12.4 Å². The molecule has 0 amide bonds. The lowest BCUT2D eigenvalue weighted by Crippen LogP contribution is -2.53. The molecule has 0 aromatic heterocycles. The molecule has 0 heterocycles. The summed E-state index contributed by atoms with van der Waals surface area (Å²) in [5, 5.41) is 29.2. The standard InChI is InChI=1S/C29H53NO6/c1-2-3-4-5-6-7-8-9-10-11-12-13-14-15-16-17-18-19-23-30(24-20-27(31)32,25-21-28(33)34)26-22-29(35)36/h2H,1,3-26H2,(H2-,31,32,33,34,35,36).